The summed E-state index contributed by atoms with van der Waals surface area (Å²) in [5, 5.41) is 5.23. The first-order valence-electron chi connectivity index (χ1n) is 9.63. The van der Waals surface area contributed by atoms with Crippen molar-refractivity contribution in [3.8, 4) is 0 Å². The van der Waals surface area contributed by atoms with Crippen molar-refractivity contribution in [3.05, 3.63) is 52.7 Å². The number of nitrogens with one attached hydrogen (secondary N) is 2. The van der Waals surface area contributed by atoms with Gasteiger partial charge < -0.3 is 10.2 Å². The monoisotopic (exact) mass is 413 g/mol. The van der Waals surface area contributed by atoms with Crippen LogP contribution in [-0.4, -0.2) is 42.3 Å². The third-order valence-corrected chi connectivity index (χ3v) is 7.40. The van der Waals surface area contributed by atoms with Crippen molar-refractivity contribution in [2.45, 2.75) is 30.3 Å². The zero-order valence-electron chi connectivity index (χ0n) is 16.2. The molecule has 1 aliphatic rings. The molecule has 146 valence electrons. The average Bonchev–Trinajstić information content (AvgIpc) is 3.28. The van der Waals surface area contributed by atoms with Gasteiger partial charge >= 0.3 is 0 Å². The number of amides is 1. The Balaban J connectivity index is 1.39. The van der Waals surface area contributed by atoms with E-state index in [4.69, 9.17) is 0 Å². The van der Waals surface area contributed by atoms with Crippen molar-refractivity contribution in [2.75, 3.05) is 26.4 Å². The summed E-state index contributed by atoms with van der Waals surface area (Å²) >= 11 is 3.30. The zero-order chi connectivity index (χ0) is 19.5. The van der Waals surface area contributed by atoms with Crippen LogP contribution in [0.1, 0.15) is 28.5 Å². The van der Waals surface area contributed by atoms with E-state index in [2.05, 4.69) is 41.5 Å². The molecule has 28 heavy (non-hydrogen) atoms. The molecule has 2 N–H and O–H groups in total. The molecule has 1 aliphatic carbocycles. The van der Waals surface area contributed by atoms with Crippen LogP contribution in [0.4, 0.5) is 0 Å². The Bertz CT molecular complexity index is 971. The van der Waals surface area contributed by atoms with Crippen molar-refractivity contribution < 1.29 is 9.69 Å². The number of hydrogen-bond donors (Lipinski definition) is 2. The van der Waals surface area contributed by atoms with Gasteiger partial charge in [0.1, 0.15) is 22.2 Å². The van der Waals surface area contributed by atoms with Crippen LogP contribution in [0, 0.1) is 0 Å². The van der Waals surface area contributed by atoms with Gasteiger partial charge in [0.2, 0.25) is 5.91 Å². The van der Waals surface area contributed by atoms with Crippen molar-refractivity contribution >= 4 is 39.2 Å². The number of aryl methyl sites for hydroxylation is 2. The molecular formula is C21H25N4OS2+. The summed E-state index contributed by atoms with van der Waals surface area (Å²) < 4.78 is 0. The molecule has 2 aromatic heterocycles. The Kier molecular flexibility index (Phi) is 5.94. The van der Waals surface area contributed by atoms with E-state index >= 15 is 0 Å². The van der Waals surface area contributed by atoms with E-state index in [1.54, 1.807) is 17.7 Å². The van der Waals surface area contributed by atoms with Crippen molar-refractivity contribution in [3.63, 3.8) is 0 Å². The average molecular weight is 414 g/mol. The summed E-state index contributed by atoms with van der Waals surface area (Å²) in [5.41, 5.74) is 2.64. The van der Waals surface area contributed by atoms with E-state index in [9.17, 15) is 4.79 Å². The fourth-order valence-electron chi connectivity index (χ4n) is 3.75. The highest BCUT2D eigenvalue weighted by Gasteiger charge is 2.22. The molecule has 0 saturated carbocycles. The second kappa shape index (κ2) is 8.59. The number of rotatable bonds is 7. The number of fused-ring (bicyclic) bond motifs is 3. The van der Waals surface area contributed by atoms with Gasteiger partial charge in [0.15, 0.2) is 0 Å². The Labute approximate surface area is 173 Å². The van der Waals surface area contributed by atoms with Crippen molar-refractivity contribution in [2.24, 2.45) is 0 Å². The first kappa shape index (κ1) is 19.4. The van der Waals surface area contributed by atoms with Crippen LogP contribution in [0.5, 0.6) is 0 Å². The summed E-state index contributed by atoms with van der Waals surface area (Å²) in [6.07, 6.45) is 5.08. The number of thioether (sulfide) groups is 1. The van der Waals surface area contributed by atoms with E-state index in [1.807, 2.05) is 18.2 Å². The molecule has 0 radical (unpaired) electrons. The van der Waals surface area contributed by atoms with Gasteiger partial charge in [-0.3, -0.25) is 4.79 Å². The maximum atomic E-state index is 12.5. The number of quaternary nitrogens is 1. The Hall–Kier alpha value is -1.96. The number of hydrogen-bond acceptors (Lipinski definition) is 5. The number of thiophene rings is 1. The number of carbonyl (C=O) groups is 1. The molecule has 7 heteroatoms. The lowest BCUT2D eigenvalue weighted by atomic mass is 10.1. The third-order valence-electron chi connectivity index (χ3n) is 5.21. The van der Waals surface area contributed by atoms with E-state index in [0.717, 1.165) is 22.7 Å². The Morgan fingerprint density at radius 1 is 1.25 bits per heavy atom. The van der Waals surface area contributed by atoms with Gasteiger partial charge in [-0.05, 0) is 24.8 Å². The largest absolute Gasteiger partial charge is 0.349 e. The minimum atomic E-state index is 0.0471. The molecule has 5 nitrogen and oxygen atoms in total. The van der Waals surface area contributed by atoms with Gasteiger partial charge in [0, 0.05) is 15.8 Å². The summed E-state index contributed by atoms with van der Waals surface area (Å²) in [4.78, 5) is 25.2. The maximum absolute atomic E-state index is 12.5. The first-order chi connectivity index (χ1) is 13.6. The number of carbonyl (C=O) groups excluding carboxylic acids is 1. The van der Waals surface area contributed by atoms with Crippen LogP contribution < -0.4 is 10.2 Å². The normalized spacial score (nSPS) is 14.4. The highest BCUT2D eigenvalue weighted by atomic mass is 32.2. The van der Waals surface area contributed by atoms with E-state index < -0.39 is 0 Å². The predicted octanol–water partition coefficient (Wildman–Crippen LogP) is 2.27. The lowest BCUT2D eigenvalue weighted by molar-refractivity contribution is -0.890. The quantitative estimate of drug-likeness (QED) is 0.461. The summed E-state index contributed by atoms with van der Waals surface area (Å²) in [6, 6.07) is 10.6. The van der Waals surface area contributed by atoms with Gasteiger partial charge in [0.25, 0.3) is 0 Å². The molecule has 3 aromatic rings. The van der Waals surface area contributed by atoms with Crippen molar-refractivity contribution in [1.29, 1.82) is 0 Å². The fraction of sp³-hybridized carbons (Fsp3) is 0.381. The minimum absolute atomic E-state index is 0.0471. The molecule has 1 aromatic carbocycles. The molecule has 0 fully saturated rings. The zero-order valence-corrected chi connectivity index (χ0v) is 17.8. The number of benzene rings is 1. The van der Waals surface area contributed by atoms with E-state index in [0.29, 0.717) is 12.3 Å². The number of nitrogens with zero attached hydrogens (tertiary/aromatic N) is 2. The van der Waals surface area contributed by atoms with Gasteiger partial charge in [-0.15, -0.1) is 11.3 Å². The van der Waals surface area contributed by atoms with Crippen LogP contribution >= 0.6 is 23.1 Å². The molecule has 0 unspecified atom stereocenters. The van der Waals surface area contributed by atoms with Crippen LogP contribution in [0.25, 0.3) is 10.2 Å². The molecule has 0 saturated heterocycles. The topological polar surface area (TPSA) is 59.3 Å². The third kappa shape index (κ3) is 4.06. The predicted molar refractivity (Wildman–Crippen MR) is 115 cm³/mol. The number of likely N-dealkylation sites (N-methyl/N-ethyl adjacent to an activating group) is 1. The molecule has 0 aliphatic heterocycles. The van der Waals surface area contributed by atoms with Crippen LogP contribution in [0.15, 0.2) is 41.7 Å². The van der Waals surface area contributed by atoms with Crippen LogP contribution in [0.2, 0.25) is 0 Å². The van der Waals surface area contributed by atoms with Gasteiger partial charge in [-0.1, -0.05) is 42.1 Å². The molecule has 0 bridgehead atoms. The Morgan fingerprint density at radius 3 is 2.86 bits per heavy atom. The fourth-order valence-corrected chi connectivity index (χ4v) is 5.90. The lowest BCUT2D eigenvalue weighted by Crippen LogP contribution is -3.07. The van der Waals surface area contributed by atoms with Gasteiger partial charge in [-0.25, -0.2) is 9.97 Å². The van der Waals surface area contributed by atoms with Crippen molar-refractivity contribution in [1.82, 2.24) is 15.3 Å². The molecule has 2 heterocycles. The van der Waals surface area contributed by atoms with Crippen LogP contribution in [0.3, 0.4) is 0 Å². The molecular weight excluding hydrogens is 388 g/mol. The standard InChI is InChI=1S/C21H24N4OS2/c1-25(2)16(14-7-4-3-5-8-14)11-22-18(26)12-27-20-19-15-9-6-10-17(15)28-21(19)24-13-23-20/h3-5,7-8,13,16H,6,9-12H2,1-2H3,(H,22,26)/p+1/t16-/m1/s1. The smallest absolute Gasteiger partial charge is 0.230 e. The summed E-state index contributed by atoms with van der Waals surface area (Å²) in [7, 11) is 4.24. The van der Waals surface area contributed by atoms with Gasteiger partial charge in [0.05, 0.1) is 26.4 Å². The molecule has 0 spiro atoms. The summed E-state index contributed by atoms with van der Waals surface area (Å²) in [6.45, 7) is 0.624. The second-order valence-electron chi connectivity index (χ2n) is 7.35. The highest BCUT2D eigenvalue weighted by molar-refractivity contribution is 8.00. The maximum Gasteiger partial charge on any atom is 0.230 e. The minimum Gasteiger partial charge on any atom is -0.349 e. The molecule has 1 amide bonds. The molecule has 1 atom stereocenters. The Morgan fingerprint density at radius 2 is 2.07 bits per heavy atom. The SMILES string of the molecule is C[NH+](C)[C@H](CNC(=O)CSc1ncnc2sc3c(c12)CCC3)c1ccccc1. The lowest BCUT2D eigenvalue weighted by Gasteiger charge is -2.22. The number of aromatic nitrogens is 2. The van der Waals surface area contributed by atoms with E-state index in [1.165, 1.54) is 44.5 Å². The summed E-state index contributed by atoms with van der Waals surface area (Å²) in [5.74, 6) is 0.423. The molecule has 4 rings (SSSR count). The van der Waals surface area contributed by atoms with Gasteiger partial charge in [-0.2, -0.15) is 0 Å². The highest BCUT2D eigenvalue weighted by Crippen LogP contribution is 2.39. The first-order valence-corrected chi connectivity index (χ1v) is 11.4. The van der Waals surface area contributed by atoms with E-state index in [-0.39, 0.29) is 11.9 Å². The second-order valence-corrected chi connectivity index (χ2v) is 9.40. The van der Waals surface area contributed by atoms with Crippen LogP contribution in [-0.2, 0) is 17.6 Å².